The zero-order valence-electron chi connectivity index (χ0n) is 14.4. The van der Waals surface area contributed by atoms with Crippen LogP contribution in [0.2, 0.25) is 0 Å². The van der Waals surface area contributed by atoms with Crippen molar-refractivity contribution in [3.63, 3.8) is 0 Å². The highest BCUT2D eigenvalue weighted by Gasteiger charge is 2.38. The number of piperidine rings is 1. The lowest BCUT2D eigenvalue weighted by Crippen LogP contribution is -2.58. The van der Waals surface area contributed by atoms with E-state index in [1.54, 1.807) is 11.8 Å². The molecule has 128 valence electrons. The Labute approximate surface area is 138 Å². The minimum absolute atomic E-state index is 0.00224. The highest BCUT2D eigenvalue weighted by molar-refractivity contribution is 7.98. The number of hydrogen-bond donors (Lipinski definition) is 3. The maximum absolute atomic E-state index is 12.2. The van der Waals surface area contributed by atoms with Gasteiger partial charge in [-0.05, 0) is 64.9 Å². The van der Waals surface area contributed by atoms with E-state index in [9.17, 15) is 14.7 Å². The van der Waals surface area contributed by atoms with Crippen LogP contribution < -0.4 is 10.6 Å². The van der Waals surface area contributed by atoms with Gasteiger partial charge in [0.25, 0.3) is 0 Å². The van der Waals surface area contributed by atoms with Gasteiger partial charge in [-0.1, -0.05) is 0 Å². The summed E-state index contributed by atoms with van der Waals surface area (Å²) in [5, 5.41) is 15.5. The van der Waals surface area contributed by atoms with Crippen molar-refractivity contribution < 1.29 is 14.7 Å². The highest BCUT2D eigenvalue weighted by atomic mass is 32.2. The molecule has 1 heterocycles. The van der Waals surface area contributed by atoms with E-state index in [1.165, 1.54) is 0 Å². The number of carbonyl (C=O) groups excluding carboxylic acids is 1. The van der Waals surface area contributed by atoms with Crippen molar-refractivity contribution in [2.24, 2.45) is 5.92 Å². The zero-order chi connectivity index (χ0) is 17.0. The first kappa shape index (κ1) is 19.3. The van der Waals surface area contributed by atoms with Gasteiger partial charge in [0.05, 0.1) is 0 Å². The highest BCUT2D eigenvalue weighted by Crippen LogP contribution is 2.34. The van der Waals surface area contributed by atoms with Crippen molar-refractivity contribution in [1.82, 2.24) is 10.6 Å². The number of hydrogen-bond acceptors (Lipinski definition) is 4. The molecule has 1 rings (SSSR count). The molecule has 0 aromatic carbocycles. The van der Waals surface area contributed by atoms with Gasteiger partial charge in [-0.25, -0.2) is 4.79 Å². The first-order chi connectivity index (χ1) is 10.0. The predicted octanol–water partition coefficient (Wildman–Crippen LogP) is 2.26. The molecule has 0 saturated carbocycles. The molecule has 1 fully saturated rings. The van der Waals surface area contributed by atoms with E-state index in [1.807, 2.05) is 6.26 Å². The van der Waals surface area contributed by atoms with Crippen LogP contribution in [0.25, 0.3) is 0 Å². The van der Waals surface area contributed by atoms with E-state index in [0.717, 1.165) is 18.6 Å². The van der Waals surface area contributed by atoms with Gasteiger partial charge in [0.2, 0.25) is 5.91 Å². The third kappa shape index (κ3) is 6.57. The van der Waals surface area contributed by atoms with Gasteiger partial charge < -0.3 is 15.7 Å². The SMILES string of the molecule is CSCC[C@H](NC(=O)CC1CC(C)(C)NC(C)(C)C1)C(=O)O. The van der Waals surface area contributed by atoms with Gasteiger partial charge >= 0.3 is 5.97 Å². The van der Waals surface area contributed by atoms with Crippen LogP contribution in [0.1, 0.15) is 53.4 Å². The van der Waals surface area contributed by atoms with E-state index < -0.39 is 12.0 Å². The summed E-state index contributed by atoms with van der Waals surface area (Å²) in [6.45, 7) is 8.60. The predicted molar refractivity (Wildman–Crippen MR) is 91.2 cm³/mol. The minimum atomic E-state index is -0.951. The lowest BCUT2D eigenvalue weighted by molar-refractivity contribution is -0.142. The average molecular weight is 330 g/mol. The van der Waals surface area contributed by atoms with Gasteiger partial charge in [0.1, 0.15) is 6.04 Å². The van der Waals surface area contributed by atoms with Gasteiger partial charge in [-0.15, -0.1) is 0 Å². The zero-order valence-corrected chi connectivity index (χ0v) is 15.2. The summed E-state index contributed by atoms with van der Waals surface area (Å²) < 4.78 is 0. The number of nitrogens with one attached hydrogen (secondary N) is 2. The average Bonchev–Trinajstić information content (AvgIpc) is 2.29. The molecule has 1 aliphatic heterocycles. The Kier molecular flexibility index (Phi) is 6.74. The van der Waals surface area contributed by atoms with Crippen LogP contribution >= 0.6 is 11.8 Å². The van der Waals surface area contributed by atoms with Crippen LogP contribution in [0.3, 0.4) is 0 Å². The number of carboxylic acid groups (broad SMARTS) is 1. The molecule has 0 bridgehead atoms. The van der Waals surface area contributed by atoms with Gasteiger partial charge in [-0.3, -0.25) is 4.79 Å². The molecule has 6 heteroatoms. The van der Waals surface area contributed by atoms with Crippen molar-refractivity contribution in [3.8, 4) is 0 Å². The van der Waals surface area contributed by atoms with E-state index in [2.05, 4.69) is 38.3 Å². The molecule has 1 atom stereocenters. The maximum atomic E-state index is 12.2. The molecule has 0 aromatic rings. The summed E-state index contributed by atoms with van der Waals surface area (Å²) in [5.41, 5.74) is -0.00447. The molecule has 0 unspecified atom stereocenters. The molecule has 22 heavy (non-hydrogen) atoms. The normalized spacial score (nSPS) is 22.0. The van der Waals surface area contributed by atoms with Crippen LogP contribution in [0, 0.1) is 5.92 Å². The minimum Gasteiger partial charge on any atom is -0.480 e. The van der Waals surface area contributed by atoms with Gasteiger partial charge in [-0.2, -0.15) is 11.8 Å². The fourth-order valence-electron chi connectivity index (χ4n) is 3.69. The smallest absolute Gasteiger partial charge is 0.326 e. The summed E-state index contributed by atoms with van der Waals surface area (Å²) in [6, 6.07) is -0.775. The molecule has 0 radical (unpaired) electrons. The number of aliphatic carboxylic acids is 1. The van der Waals surface area contributed by atoms with E-state index in [-0.39, 0.29) is 22.9 Å². The Hall–Kier alpha value is -0.750. The summed E-state index contributed by atoms with van der Waals surface area (Å²) >= 11 is 1.59. The van der Waals surface area contributed by atoms with Crippen molar-refractivity contribution in [2.45, 2.75) is 70.5 Å². The third-order valence-electron chi connectivity index (χ3n) is 3.99. The van der Waals surface area contributed by atoms with Gasteiger partial charge in [0, 0.05) is 17.5 Å². The Morgan fingerprint density at radius 2 is 1.82 bits per heavy atom. The van der Waals surface area contributed by atoms with Crippen molar-refractivity contribution >= 4 is 23.6 Å². The van der Waals surface area contributed by atoms with E-state index in [0.29, 0.717) is 12.8 Å². The van der Waals surface area contributed by atoms with Gasteiger partial charge in [0.15, 0.2) is 0 Å². The molecule has 0 aromatic heterocycles. The second-order valence-corrected chi connectivity index (χ2v) is 8.60. The molecule has 0 aliphatic carbocycles. The lowest BCUT2D eigenvalue weighted by Gasteiger charge is -2.46. The number of amides is 1. The first-order valence-corrected chi connectivity index (χ1v) is 9.24. The molecular weight excluding hydrogens is 300 g/mol. The van der Waals surface area contributed by atoms with Crippen molar-refractivity contribution in [2.75, 3.05) is 12.0 Å². The molecule has 1 amide bonds. The Morgan fingerprint density at radius 3 is 2.27 bits per heavy atom. The summed E-state index contributed by atoms with van der Waals surface area (Å²) in [7, 11) is 0. The Balaban J connectivity index is 2.57. The first-order valence-electron chi connectivity index (χ1n) is 7.85. The number of thioether (sulfide) groups is 1. The van der Waals surface area contributed by atoms with Crippen LogP contribution in [0.15, 0.2) is 0 Å². The monoisotopic (exact) mass is 330 g/mol. The molecule has 1 saturated heterocycles. The number of rotatable bonds is 7. The Morgan fingerprint density at radius 1 is 1.27 bits per heavy atom. The third-order valence-corrected chi connectivity index (χ3v) is 4.64. The van der Waals surface area contributed by atoms with Crippen molar-refractivity contribution in [1.29, 1.82) is 0 Å². The molecule has 3 N–H and O–H groups in total. The van der Waals surface area contributed by atoms with Crippen molar-refractivity contribution in [3.05, 3.63) is 0 Å². The quantitative estimate of drug-likeness (QED) is 0.667. The summed E-state index contributed by atoms with van der Waals surface area (Å²) in [4.78, 5) is 23.4. The van der Waals surface area contributed by atoms with Crippen LogP contribution in [-0.2, 0) is 9.59 Å². The van der Waals surface area contributed by atoms with E-state index in [4.69, 9.17) is 0 Å². The fourth-order valence-corrected chi connectivity index (χ4v) is 4.16. The number of carboxylic acids is 1. The largest absolute Gasteiger partial charge is 0.480 e. The summed E-state index contributed by atoms with van der Waals surface area (Å²) in [6.07, 6.45) is 4.64. The number of carbonyl (C=O) groups is 2. The lowest BCUT2D eigenvalue weighted by atomic mass is 9.74. The molecule has 0 spiro atoms. The second kappa shape index (κ2) is 7.68. The maximum Gasteiger partial charge on any atom is 0.326 e. The fraction of sp³-hybridized carbons (Fsp3) is 0.875. The summed E-state index contributed by atoms with van der Waals surface area (Å²) in [5.74, 6) is -0.0911. The second-order valence-electron chi connectivity index (χ2n) is 7.61. The topological polar surface area (TPSA) is 78.4 Å². The Bertz CT molecular complexity index is 394. The van der Waals surface area contributed by atoms with Crippen LogP contribution in [0.4, 0.5) is 0 Å². The van der Waals surface area contributed by atoms with E-state index >= 15 is 0 Å². The molecule has 1 aliphatic rings. The van der Waals surface area contributed by atoms with Crippen LogP contribution in [-0.4, -0.2) is 46.1 Å². The standard InChI is InChI=1S/C16H30N2O3S/c1-15(2)9-11(10-16(3,4)18-15)8-13(19)17-12(14(20)21)6-7-22-5/h11-12,18H,6-10H2,1-5H3,(H,17,19)(H,20,21)/t12-/m0/s1. The van der Waals surface area contributed by atoms with Crippen LogP contribution in [0.5, 0.6) is 0 Å². The molecule has 5 nitrogen and oxygen atoms in total. The molecular formula is C16H30N2O3S.